The minimum atomic E-state index is -0.425. The highest BCUT2D eigenvalue weighted by atomic mass is 79.9. The molecule has 0 radical (unpaired) electrons. The highest BCUT2D eigenvalue weighted by Gasteiger charge is 2.24. The fourth-order valence-corrected chi connectivity index (χ4v) is 2.47. The van der Waals surface area contributed by atoms with Gasteiger partial charge < -0.3 is 4.74 Å². The number of carbonyl (C=O) groups is 1. The third-order valence-corrected chi connectivity index (χ3v) is 3.53. The smallest absolute Gasteiger partial charge is 0.363 e. The van der Waals surface area contributed by atoms with E-state index in [1.54, 1.807) is 6.08 Å². The molecule has 0 bridgehead atoms. The third-order valence-electron chi connectivity index (χ3n) is 3.04. The highest BCUT2D eigenvalue weighted by Crippen LogP contribution is 2.21. The van der Waals surface area contributed by atoms with Crippen LogP contribution in [0.15, 0.2) is 63.7 Å². The molecule has 0 aliphatic carbocycles. The molecular weight excluding hydrogens is 330 g/mol. The van der Waals surface area contributed by atoms with Gasteiger partial charge in [-0.25, -0.2) is 9.79 Å². The standard InChI is InChI=1S/C17H12BrNO2/c1-11-4-2-5-12(8-11)9-15-17(20)21-16(19-15)13-6-3-7-14(18)10-13/h2-10H,1H3. The van der Waals surface area contributed by atoms with Crippen molar-refractivity contribution in [2.75, 3.05) is 0 Å². The molecule has 0 amide bonds. The zero-order valence-corrected chi connectivity index (χ0v) is 12.9. The number of hydrogen-bond acceptors (Lipinski definition) is 3. The van der Waals surface area contributed by atoms with Crippen LogP contribution in [0, 0.1) is 6.92 Å². The van der Waals surface area contributed by atoms with Gasteiger partial charge in [-0.3, -0.25) is 0 Å². The Hall–Kier alpha value is -2.20. The fraction of sp³-hybridized carbons (Fsp3) is 0.0588. The molecule has 1 heterocycles. The second-order valence-corrected chi connectivity index (χ2v) is 5.68. The molecule has 0 N–H and O–H groups in total. The van der Waals surface area contributed by atoms with Crippen LogP contribution in [0.1, 0.15) is 16.7 Å². The maximum atomic E-state index is 11.9. The van der Waals surface area contributed by atoms with Crippen LogP contribution in [0.2, 0.25) is 0 Å². The average molecular weight is 342 g/mol. The molecule has 0 unspecified atom stereocenters. The maximum Gasteiger partial charge on any atom is 0.363 e. The van der Waals surface area contributed by atoms with Crippen molar-refractivity contribution in [3.63, 3.8) is 0 Å². The number of ether oxygens (including phenoxy) is 1. The van der Waals surface area contributed by atoms with Crippen molar-refractivity contribution in [3.8, 4) is 0 Å². The van der Waals surface area contributed by atoms with Gasteiger partial charge in [0, 0.05) is 10.0 Å². The van der Waals surface area contributed by atoms with Crippen LogP contribution < -0.4 is 0 Å². The summed E-state index contributed by atoms with van der Waals surface area (Å²) in [7, 11) is 0. The molecule has 3 nitrogen and oxygen atoms in total. The van der Waals surface area contributed by atoms with Gasteiger partial charge in [0.15, 0.2) is 5.70 Å². The van der Waals surface area contributed by atoms with Gasteiger partial charge >= 0.3 is 5.97 Å². The summed E-state index contributed by atoms with van der Waals surface area (Å²) in [6, 6.07) is 15.4. The molecule has 21 heavy (non-hydrogen) atoms. The van der Waals surface area contributed by atoms with Crippen LogP contribution in [0.25, 0.3) is 6.08 Å². The zero-order valence-electron chi connectivity index (χ0n) is 11.3. The Bertz CT molecular complexity index is 778. The summed E-state index contributed by atoms with van der Waals surface area (Å²) >= 11 is 3.39. The number of halogens is 1. The summed E-state index contributed by atoms with van der Waals surface area (Å²) in [4.78, 5) is 16.2. The van der Waals surface area contributed by atoms with E-state index >= 15 is 0 Å². The van der Waals surface area contributed by atoms with Gasteiger partial charge in [0.25, 0.3) is 0 Å². The molecule has 1 aliphatic rings. The van der Waals surface area contributed by atoms with Gasteiger partial charge in [0.2, 0.25) is 5.90 Å². The number of aryl methyl sites for hydroxylation is 1. The van der Waals surface area contributed by atoms with Crippen LogP contribution in [0.3, 0.4) is 0 Å². The van der Waals surface area contributed by atoms with E-state index in [2.05, 4.69) is 20.9 Å². The zero-order chi connectivity index (χ0) is 14.8. The van der Waals surface area contributed by atoms with Crippen LogP contribution in [0.4, 0.5) is 0 Å². The summed E-state index contributed by atoms with van der Waals surface area (Å²) in [5.41, 5.74) is 3.15. The minimum absolute atomic E-state index is 0.315. The van der Waals surface area contributed by atoms with E-state index in [0.717, 1.165) is 21.2 Å². The fourth-order valence-electron chi connectivity index (χ4n) is 2.07. The van der Waals surface area contributed by atoms with Crippen LogP contribution >= 0.6 is 15.9 Å². The van der Waals surface area contributed by atoms with E-state index in [0.29, 0.717) is 11.6 Å². The van der Waals surface area contributed by atoms with Gasteiger partial charge in [-0.2, -0.15) is 0 Å². The Balaban J connectivity index is 1.95. The summed E-state index contributed by atoms with van der Waals surface area (Å²) < 4.78 is 6.15. The van der Waals surface area contributed by atoms with E-state index in [-0.39, 0.29) is 0 Å². The normalized spacial score (nSPS) is 16.0. The second-order valence-electron chi connectivity index (χ2n) is 4.76. The lowest BCUT2D eigenvalue weighted by Crippen LogP contribution is -2.05. The van der Waals surface area contributed by atoms with Crippen LogP contribution in [-0.4, -0.2) is 11.9 Å². The molecule has 104 valence electrons. The number of esters is 1. The van der Waals surface area contributed by atoms with E-state index in [1.165, 1.54) is 0 Å². The number of aliphatic imine (C=N–C) groups is 1. The van der Waals surface area contributed by atoms with Crippen molar-refractivity contribution in [1.29, 1.82) is 0 Å². The molecule has 1 aliphatic heterocycles. The molecule has 0 saturated carbocycles. The predicted octanol–water partition coefficient (Wildman–Crippen LogP) is 4.10. The number of hydrogen-bond donors (Lipinski definition) is 0. The van der Waals surface area contributed by atoms with Gasteiger partial charge in [-0.05, 0) is 36.8 Å². The van der Waals surface area contributed by atoms with Crippen LogP contribution in [0.5, 0.6) is 0 Å². The largest absolute Gasteiger partial charge is 0.402 e. The van der Waals surface area contributed by atoms with Gasteiger partial charge in [0.05, 0.1) is 0 Å². The molecule has 2 aromatic rings. The van der Waals surface area contributed by atoms with E-state index < -0.39 is 5.97 Å². The average Bonchev–Trinajstić information content (AvgIpc) is 2.80. The summed E-state index contributed by atoms with van der Waals surface area (Å²) in [5, 5.41) is 0. The molecule has 3 rings (SSSR count). The van der Waals surface area contributed by atoms with E-state index in [1.807, 2.05) is 55.5 Å². The van der Waals surface area contributed by atoms with Crippen molar-refractivity contribution >= 4 is 33.9 Å². The van der Waals surface area contributed by atoms with Gasteiger partial charge in [-0.15, -0.1) is 0 Å². The second kappa shape index (κ2) is 5.66. The topological polar surface area (TPSA) is 38.7 Å². The summed E-state index contributed by atoms with van der Waals surface area (Å²) in [5.74, 6) is -0.0910. The highest BCUT2D eigenvalue weighted by molar-refractivity contribution is 9.10. The first kappa shape index (κ1) is 13.8. The number of rotatable bonds is 2. The molecule has 0 spiro atoms. The quantitative estimate of drug-likeness (QED) is 0.609. The lowest BCUT2D eigenvalue weighted by atomic mass is 10.1. The monoisotopic (exact) mass is 341 g/mol. The van der Waals surface area contributed by atoms with E-state index in [9.17, 15) is 4.79 Å². The third kappa shape index (κ3) is 3.11. The predicted molar refractivity (Wildman–Crippen MR) is 85.9 cm³/mol. The Kier molecular flexibility index (Phi) is 3.71. The molecule has 0 fully saturated rings. The van der Waals surface area contributed by atoms with E-state index in [4.69, 9.17) is 4.74 Å². The minimum Gasteiger partial charge on any atom is -0.402 e. The SMILES string of the molecule is Cc1cccc(C=C2N=C(c3cccc(Br)c3)OC2=O)c1. The van der Waals surface area contributed by atoms with Crippen molar-refractivity contribution in [2.45, 2.75) is 6.92 Å². The molecular formula is C17H12BrNO2. The molecule has 0 atom stereocenters. The van der Waals surface area contributed by atoms with Gasteiger partial charge in [0.1, 0.15) is 0 Å². The Morgan fingerprint density at radius 1 is 1.14 bits per heavy atom. The van der Waals surface area contributed by atoms with Crippen molar-refractivity contribution < 1.29 is 9.53 Å². The first-order valence-corrected chi connectivity index (χ1v) is 7.26. The lowest BCUT2D eigenvalue weighted by Gasteiger charge is -1.99. The van der Waals surface area contributed by atoms with Gasteiger partial charge in [-0.1, -0.05) is 51.8 Å². The first-order valence-electron chi connectivity index (χ1n) is 6.47. The Morgan fingerprint density at radius 2 is 1.95 bits per heavy atom. The summed E-state index contributed by atoms with van der Waals surface area (Å²) in [6.07, 6.45) is 1.74. The molecule has 0 saturated heterocycles. The number of carbonyl (C=O) groups excluding carboxylic acids is 1. The maximum absolute atomic E-state index is 11.9. The molecule has 4 heteroatoms. The van der Waals surface area contributed by atoms with Crippen molar-refractivity contribution in [3.05, 3.63) is 75.4 Å². The number of benzene rings is 2. The Labute approximate surface area is 131 Å². The van der Waals surface area contributed by atoms with Crippen molar-refractivity contribution in [1.82, 2.24) is 0 Å². The summed E-state index contributed by atoms with van der Waals surface area (Å²) in [6.45, 7) is 2.01. The number of nitrogens with zero attached hydrogens (tertiary/aromatic N) is 1. The molecule has 2 aromatic carbocycles. The lowest BCUT2D eigenvalue weighted by molar-refractivity contribution is -0.129. The first-order chi connectivity index (χ1) is 10.1. The van der Waals surface area contributed by atoms with Crippen LogP contribution in [-0.2, 0) is 9.53 Å². The van der Waals surface area contributed by atoms with Crippen molar-refractivity contribution in [2.24, 2.45) is 4.99 Å². The Morgan fingerprint density at radius 3 is 2.71 bits per heavy atom. The number of cyclic esters (lactones) is 1. The molecule has 0 aromatic heterocycles.